The average Bonchev–Trinajstić information content (AvgIpc) is 3.50. The van der Waals surface area contributed by atoms with Gasteiger partial charge in [0.2, 0.25) is 6.79 Å². The number of likely N-dealkylation sites (tertiary alicyclic amines) is 1. The van der Waals surface area contributed by atoms with Crippen LogP contribution in [0.25, 0.3) is 0 Å². The van der Waals surface area contributed by atoms with Crippen LogP contribution in [0.3, 0.4) is 0 Å². The number of benzene rings is 2. The van der Waals surface area contributed by atoms with E-state index in [1.807, 2.05) is 12.1 Å². The third-order valence-electron chi connectivity index (χ3n) is 7.07. The number of urea groups is 1. The smallest absolute Gasteiger partial charge is 0.326 e. The van der Waals surface area contributed by atoms with E-state index >= 15 is 0 Å². The molecule has 9 heteroatoms. The Morgan fingerprint density at radius 1 is 0.941 bits per heavy atom. The van der Waals surface area contributed by atoms with Crippen LogP contribution in [-0.4, -0.2) is 55.0 Å². The molecular formula is C25H27N3O6. The number of amides is 3. The van der Waals surface area contributed by atoms with E-state index in [1.54, 1.807) is 25.1 Å². The lowest BCUT2D eigenvalue weighted by Crippen LogP contribution is -2.43. The lowest BCUT2D eigenvalue weighted by Gasteiger charge is -2.29. The maximum atomic E-state index is 13.5. The second kappa shape index (κ2) is 8.09. The molecule has 0 aliphatic carbocycles. The number of ether oxygens (including phenoxy) is 4. The van der Waals surface area contributed by atoms with E-state index < -0.39 is 11.6 Å². The van der Waals surface area contributed by atoms with Crippen molar-refractivity contribution in [2.45, 2.75) is 37.8 Å². The molecule has 6 rings (SSSR count). The number of nitrogens with one attached hydrogen (secondary N) is 1. The van der Waals surface area contributed by atoms with Gasteiger partial charge in [0.25, 0.3) is 5.91 Å². The highest BCUT2D eigenvalue weighted by molar-refractivity contribution is 6.07. The molecule has 2 aromatic rings. The SMILES string of the molecule is C[C@]1(c2ccc3c(c2)OCO3)NC(=O)N(CN2CCC[C@@H]2c2ccc3c(c2)OCCCO3)C1=O. The first-order chi connectivity index (χ1) is 16.5. The summed E-state index contributed by atoms with van der Waals surface area (Å²) >= 11 is 0. The molecule has 2 aromatic carbocycles. The molecule has 0 saturated carbocycles. The quantitative estimate of drug-likeness (QED) is 0.694. The van der Waals surface area contributed by atoms with Crippen LogP contribution in [-0.2, 0) is 10.3 Å². The Bertz CT molecular complexity index is 1150. The van der Waals surface area contributed by atoms with Crippen molar-refractivity contribution in [2.24, 2.45) is 0 Å². The van der Waals surface area contributed by atoms with Crippen LogP contribution in [0.5, 0.6) is 23.0 Å². The van der Waals surface area contributed by atoms with E-state index in [-0.39, 0.29) is 25.4 Å². The lowest BCUT2D eigenvalue weighted by molar-refractivity contribution is -0.132. The van der Waals surface area contributed by atoms with Gasteiger partial charge >= 0.3 is 6.03 Å². The Kier molecular flexibility index (Phi) is 5.02. The molecular weight excluding hydrogens is 438 g/mol. The normalized spacial score (nSPS) is 26.0. The molecule has 3 amide bonds. The Labute approximate surface area is 197 Å². The van der Waals surface area contributed by atoms with Gasteiger partial charge in [-0.2, -0.15) is 0 Å². The Hall–Kier alpha value is -3.46. The number of hydrogen-bond acceptors (Lipinski definition) is 7. The molecule has 2 saturated heterocycles. The van der Waals surface area contributed by atoms with Crippen LogP contribution >= 0.6 is 0 Å². The molecule has 0 radical (unpaired) electrons. The third-order valence-corrected chi connectivity index (χ3v) is 7.07. The van der Waals surface area contributed by atoms with Crippen LogP contribution in [0, 0.1) is 0 Å². The summed E-state index contributed by atoms with van der Waals surface area (Å²) in [6.07, 6.45) is 2.79. The zero-order chi connectivity index (χ0) is 23.3. The highest BCUT2D eigenvalue weighted by Gasteiger charge is 2.50. The number of imide groups is 1. The molecule has 0 unspecified atom stereocenters. The highest BCUT2D eigenvalue weighted by Crippen LogP contribution is 2.40. The number of hydrogen-bond donors (Lipinski definition) is 1. The van der Waals surface area contributed by atoms with Crippen molar-refractivity contribution in [2.75, 3.05) is 33.2 Å². The van der Waals surface area contributed by atoms with Gasteiger partial charge in [-0.3, -0.25) is 9.69 Å². The molecule has 2 fully saturated rings. The van der Waals surface area contributed by atoms with Crippen molar-refractivity contribution >= 4 is 11.9 Å². The third kappa shape index (κ3) is 3.42. The van der Waals surface area contributed by atoms with Gasteiger partial charge in [-0.15, -0.1) is 0 Å². The fraction of sp³-hybridized carbons (Fsp3) is 0.440. The molecule has 1 N–H and O–H groups in total. The fourth-order valence-corrected chi connectivity index (χ4v) is 5.17. The number of nitrogens with zero attached hydrogens (tertiary/aromatic N) is 2. The molecule has 0 spiro atoms. The number of rotatable bonds is 4. The molecule has 0 bridgehead atoms. The van der Waals surface area contributed by atoms with Crippen LogP contribution in [0.15, 0.2) is 36.4 Å². The fourth-order valence-electron chi connectivity index (χ4n) is 5.17. The summed E-state index contributed by atoms with van der Waals surface area (Å²) in [5.41, 5.74) is 0.605. The second-order valence-electron chi connectivity index (χ2n) is 9.22. The van der Waals surface area contributed by atoms with Crippen LogP contribution in [0.1, 0.15) is 43.4 Å². The molecule has 2 atom stereocenters. The van der Waals surface area contributed by atoms with Crippen LogP contribution in [0.2, 0.25) is 0 Å². The van der Waals surface area contributed by atoms with Gasteiger partial charge in [-0.25, -0.2) is 9.69 Å². The van der Waals surface area contributed by atoms with Crippen molar-refractivity contribution < 1.29 is 28.5 Å². The van der Waals surface area contributed by atoms with Gasteiger partial charge in [0.05, 0.1) is 19.9 Å². The monoisotopic (exact) mass is 465 g/mol. The van der Waals surface area contributed by atoms with Gasteiger partial charge < -0.3 is 24.3 Å². The summed E-state index contributed by atoms with van der Waals surface area (Å²) in [5.74, 6) is 2.46. The maximum absolute atomic E-state index is 13.5. The van der Waals surface area contributed by atoms with Gasteiger partial charge in [0.15, 0.2) is 23.0 Å². The van der Waals surface area contributed by atoms with Crippen LogP contribution in [0.4, 0.5) is 4.79 Å². The summed E-state index contributed by atoms with van der Waals surface area (Å²) in [6.45, 7) is 4.19. The van der Waals surface area contributed by atoms with E-state index in [0.29, 0.717) is 30.3 Å². The summed E-state index contributed by atoms with van der Waals surface area (Å²) < 4.78 is 22.5. The predicted octanol–water partition coefficient (Wildman–Crippen LogP) is 3.14. The molecule has 34 heavy (non-hydrogen) atoms. The zero-order valence-electron chi connectivity index (χ0n) is 19.0. The minimum absolute atomic E-state index is 0.0927. The summed E-state index contributed by atoms with van der Waals surface area (Å²) in [4.78, 5) is 29.9. The van der Waals surface area contributed by atoms with E-state index in [0.717, 1.165) is 42.9 Å². The zero-order valence-corrected chi connectivity index (χ0v) is 19.0. The average molecular weight is 466 g/mol. The summed E-state index contributed by atoms with van der Waals surface area (Å²) in [7, 11) is 0. The maximum Gasteiger partial charge on any atom is 0.326 e. The Morgan fingerprint density at radius 2 is 1.68 bits per heavy atom. The molecule has 4 aliphatic heterocycles. The van der Waals surface area contributed by atoms with E-state index in [9.17, 15) is 9.59 Å². The predicted molar refractivity (Wildman–Crippen MR) is 121 cm³/mol. The van der Waals surface area contributed by atoms with E-state index in [4.69, 9.17) is 18.9 Å². The molecule has 178 valence electrons. The number of fused-ring (bicyclic) bond motifs is 2. The van der Waals surface area contributed by atoms with Gasteiger partial charge in [0.1, 0.15) is 5.54 Å². The Morgan fingerprint density at radius 3 is 2.56 bits per heavy atom. The molecule has 0 aromatic heterocycles. The first-order valence-electron chi connectivity index (χ1n) is 11.7. The number of carbonyl (C=O) groups excluding carboxylic acids is 2. The summed E-state index contributed by atoms with van der Waals surface area (Å²) in [5, 5.41) is 2.89. The Balaban J connectivity index is 1.22. The van der Waals surface area contributed by atoms with Gasteiger partial charge in [0, 0.05) is 19.0 Å². The van der Waals surface area contributed by atoms with Crippen LogP contribution < -0.4 is 24.3 Å². The van der Waals surface area contributed by atoms with Crippen molar-refractivity contribution in [3.63, 3.8) is 0 Å². The van der Waals surface area contributed by atoms with Crippen molar-refractivity contribution in [1.82, 2.24) is 15.1 Å². The molecule has 9 nitrogen and oxygen atoms in total. The second-order valence-corrected chi connectivity index (χ2v) is 9.22. The van der Waals surface area contributed by atoms with Gasteiger partial charge in [-0.1, -0.05) is 12.1 Å². The van der Waals surface area contributed by atoms with Gasteiger partial charge in [-0.05, 0) is 55.2 Å². The first-order valence-corrected chi connectivity index (χ1v) is 11.7. The lowest BCUT2D eigenvalue weighted by atomic mass is 9.92. The summed E-state index contributed by atoms with van der Waals surface area (Å²) in [6, 6.07) is 11.1. The molecule has 4 aliphatic rings. The minimum Gasteiger partial charge on any atom is -0.490 e. The number of carbonyl (C=O) groups is 2. The van der Waals surface area contributed by atoms with E-state index in [1.165, 1.54) is 4.90 Å². The topological polar surface area (TPSA) is 89.6 Å². The van der Waals surface area contributed by atoms with E-state index in [2.05, 4.69) is 16.3 Å². The van der Waals surface area contributed by atoms with Crippen molar-refractivity contribution in [3.05, 3.63) is 47.5 Å². The standard InChI is InChI=1S/C25H27N3O6/c1-25(17-6-8-20-22(13-17)34-15-33-20)23(29)28(24(30)26-25)14-27-9-2-4-18(27)16-5-7-19-21(12-16)32-11-3-10-31-19/h5-8,12-13,18H,2-4,9-11,14-15H2,1H3,(H,26,30)/t18-,25-/m1/s1. The largest absolute Gasteiger partial charge is 0.490 e. The minimum atomic E-state index is -1.16. The van der Waals surface area contributed by atoms with Crippen molar-refractivity contribution in [3.8, 4) is 23.0 Å². The van der Waals surface area contributed by atoms with Crippen molar-refractivity contribution in [1.29, 1.82) is 0 Å². The first kappa shape index (κ1) is 21.1. The molecule has 4 heterocycles. The highest BCUT2D eigenvalue weighted by atomic mass is 16.7.